The summed E-state index contributed by atoms with van der Waals surface area (Å²) in [5.74, 6) is 0.424. The maximum atomic E-state index is 12.9. The van der Waals surface area contributed by atoms with E-state index in [1.807, 2.05) is 30.3 Å². The number of fused-ring (bicyclic) bond motifs is 3. The molecular weight excluding hydrogens is 382 g/mol. The third kappa shape index (κ3) is 2.42. The molecule has 4 heterocycles. The van der Waals surface area contributed by atoms with Gasteiger partial charge in [0.05, 0.1) is 30.1 Å². The number of H-pyrrole nitrogens is 1. The van der Waals surface area contributed by atoms with Gasteiger partial charge in [0, 0.05) is 6.20 Å². The van der Waals surface area contributed by atoms with Crippen LogP contribution in [0.5, 0.6) is 0 Å². The van der Waals surface area contributed by atoms with Gasteiger partial charge in [0.25, 0.3) is 0 Å². The number of nitrogens with zero attached hydrogens (tertiary/aromatic N) is 6. The van der Waals surface area contributed by atoms with Crippen LogP contribution in [0.4, 0.5) is 0 Å². The number of aliphatic hydroxyl groups is 1. The topological polar surface area (TPSA) is 115 Å². The van der Waals surface area contributed by atoms with Crippen LogP contribution in [-0.2, 0) is 0 Å². The van der Waals surface area contributed by atoms with Crippen molar-refractivity contribution in [2.75, 3.05) is 0 Å². The Kier molecular flexibility index (Phi) is 3.59. The van der Waals surface area contributed by atoms with Crippen LogP contribution in [0.3, 0.4) is 0 Å². The van der Waals surface area contributed by atoms with Gasteiger partial charge in [-0.15, -0.1) is 0 Å². The zero-order valence-electron chi connectivity index (χ0n) is 15.8. The van der Waals surface area contributed by atoms with E-state index in [1.165, 1.54) is 0 Å². The van der Waals surface area contributed by atoms with Gasteiger partial charge in [-0.1, -0.05) is 24.3 Å². The van der Waals surface area contributed by atoms with Crippen molar-refractivity contribution in [1.29, 1.82) is 0 Å². The summed E-state index contributed by atoms with van der Waals surface area (Å²) >= 11 is 0. The van der Waals surface area contributed by atoms with Gasteiger partial charge in [-0.3, -0.25) is 14.1 Å². The van der Waals surface area contributed by atoms with E-state index in [1.54, 1.807) is 34.1 Å². The lowest BCUT2D eigenvalue weighted by Gasteiger charge is -2.29. The van der Waals surface area contributed by atoms with Crippen molar-refractivity contribution < 1.29 is 5.11 Å². The van der Waals surface area contributed by atoms with Crippen molar-refractivity contribution in [1.82, 2.24) is 34.1 Å². The third-order valence-electron chi connectivity index (χ3n) is 5.75. The van der Waals surface area contributed by atoms with Crippen LogP contribution in [0.2, 0.25) is 0 Å². The largest absolute Gasteiger partial charge is 0.388 e. The summed E-state index contributed by atoms with van der Waals surface area (Å²) in [6.07, 6.45) is 7.34. The van der Waals surface area contributed by atoms with Crippen LogP contribution in [0.25, 0.3) is 28.1 Å². The molecule has 0 radical (unpaired) electrons. The zero-order chi connectivity index (χ0) is 20.2. The van der Waals surface area contributed by atoms with Crippen molar-refractivity contribution in [3.63, 3.8) is 0 Å². The second-order valence-electron chi connectivity index (χ2n) is 7.42. The van der Waals surface area contributed by atoms with Crippen LogP contribution < -0.4 is 5.69 Å². The molecule has 0 spiro atoms. The average molecular weight is 399 g/mol. The molecule has 0 saturated heterocycles. The van der Waals surface area contributed by atoms with Crippen molar-refractivity contribution in [2.24, 2.45) is 0 Å². The summed E-state index contributed by atoms with van der Waals surface area (Å²) in [4.78, 5) is 33.3. The Morgan fingerprint density at radius 1 is 1.07 bits per heavy atom. The van der Waals surface area contributed by atoms with E-state index < -0.39 is 6.10 Å². The molecule has 4 aromatic heterocycles. The number of rotatable bonds is 2. The van der Waals surface area contributed by atoms with Gasteiger partial charge in [-0.2, -0.15) is 4.98 Å². The molecule has 1 aromatic carbocycles. The van der Waals surface area contributed by atoms with Crippen molar-refractivity contribution in [3.05, 3.63) is 76.9 Å². The fourth-order valence-corrected chi connectivity index (χ4v) is 4.35. The van der Waals surface area contributed by atoms with E-state index in [4.69, 9.17) is 4.98 Å². The molecule has 9 heteroatoms. The first-order chi connectivity index (χ1) is 14.7. The Hall–Kier alpha value is -3.85. The summed E-state index contributed by atoms with van der Waals surface area (Å²) in [7, 11) is 0. The minimum Gasteiger partial charge on any atom is -0.388 e. The lowest BCUT2D eigenvalue weighted by atomic mass is 9.85. The SMILES string of the molecule is O=c1[nH]c2cnc(-n3cnc4cnccc43)nc2n1[C@@H]1CC[C@@H](O)c2ccccc21. The summed E-state index contributed by atoms with van der Waals surface area (Å²) in [5.41, 5.74) is 4.22. The van der Waals surface area contributed by atoms with E-state index in [0.29, 0.717) is 30.0 Å². The quantitative estimate of drug-likeness (QED) is 0.471. The molecule has 0 saturated carbocycles. The summed E-state index contributed by atoms with van der Waals surface area (Å²) in [6, 6.07) is 9.35. The summed E-state index contributed by atoms with van der Waals surface area (Å²) in [6.45, 7) is 0. The van der Waals surface area contributed by atoms with Crippen LogP contribution in [-0.4, -0.2) is 39.2 Å². The van der Waals surface area contributed by atoms with Crippen LogP contribution in [0.1, 0.15) is 36.1 Å². The molecule has 6 rings (SSSR count). The van der Waals surface area contributed by atoms with Crippen LogP contribution in [0, 0.1) is 0 Å². The molecule has 0 unspecified atom stereocenters. The predicted molar refractivity (Wildman–Crippen MR) is 109 cm³/mol. The van der Waals surface area contributed by atoms with Crippen LogP contribution >= 0.6 is 0 Å². The molecule has 0 bridgehead atoms. The minimum atomic E-state index is -0.519. The fraction of sp³-hybridized carbons (Fsp3) is 0.190. The molecule has 1 aliphatic carbocycles. The number of hydrogen-bond acceptors (Lipinski definition) is 6. The molecule has 0 amide bonds. The fourth-order valence-electron chi connectivity index (χ4n) is 4.35. The third-order valence-corrected chi connectivity index (χ3v) is 5.75. The van der Waals surface area contributed by atoms with Gasteiger partial charge in [-0.05, 0) is 30.0 Å². The molecule has 30 heavy (non-hydrogen) atoms. The molecule has 0 aliphatic heterocycles. The number of aromatic nitrogens is 7. The molecule has 148 valence electrons. The molecule has 2 atom stereocenters. The highest BCUT2D eigenvalue weighted by molar-refractivity contribution is 5.76. The first kappa shape index (κ1) is 17.0. The van der Waals surface area contributed by atoms with E-state index in [-0.39, 0.29) is 11.7 Å². The molecule has 1 aliphatic rings. The smallest absolute Gasteiger partial charge is 0.328 e. The normalized spacial score (nSPS) is 18.7. The number of hydrogen-bond donors (Lipinski definition) is 2. The maximum absolute atomic E-state index is 12.9. The monoisotopic (exact) mass is 399 g/mol. The van der Waals surface area contributed by atoms with Gasteiger partial charge < -0.3 is 10.1 Å². The molecular formula is C21H17N7O2. The first-order valence-corrected chi connectivity index (χ1v) is 9.72. The summed E-state index contributed by atoms with van der Waals surface area (Å²) < 4.78 is 3.45. The molecule has 9 nitrogen and oxygen atoms in total. The molecule has 0 fully saturated rings. The number of nitrogens with one attached hydrogen (secondary N) is 1. The first-order valence-electron chi connectivity index (χ1n) is 9.72. The maximum Gasteiger partial charge on any atom is 0.328 e. The van der Waals surface area contributed by atoms with E-state index in [0.717, 1.165) is 22.2 Å². The van der Waals surface area contributed by atoms with Gasteiger partial charge in [-0.25, -0.2) is 14.8 Å². The van der Waals surface area contributed by atoms with Gasteiger partial charge in [0.2, 0.25) is 5.95 Å². The highest BCUT2D eigenvalue weighted by atomic mass is 16.3. The second-order valence-corrected chi connectivity index (χ2v) is 7.42. The Labute approximate surface area is 169 Å². The standard InChI is InChI=1S/C21H17N7O2/c29-18-6-5-16(12-3-1-2-4-13(12)18)28-19-15(25-21(28)30)10-23-20(26-19)27-11-24-14-9-22-8-7-17(14)27/h1-4,7-11,16,18,29H,5-6H2,(H,25,30)/t16-,18-/m1/s1. The van der Waals surface area contributed by atoms with Gasteiger partial charge in [0.1, 0.15) is 17.4 Å². The lowest BCUT2D eigenvalue weighted by Crippen LogP contribution is -2.27. The second kappa shape index (κ2) is 6.33. The highest BCUT2D eigenvalue weighted by Gasteiger charge is 2.29. The number of imidazole rings is 2. The molecule has 2 N–H and O–H groups in total. The van der Waals surface area contributed by atoms with E-state index >= 15 is 0 Å². The number of aromatic amines is 1. The Bertz CT molecular complexity index is 1470. The number of benzene rings is 1. The van der Waals surface area contributed by atoms with Crippen molar-refractivity contribution in [2.45, 2.75) is 25.0 Å². The Balaban J connectivity index is 1.56. The predicted octanol–water partition coefficient (Wildman–Crippen LogP) is 2.27. The van der Waals surface area contributed by atoms with E-state index in [9.17, 15) is 9.90 Å². The van der Waals surface area contributed by atoms with Gasteiger partial charge >= 0.3 is 5.69 Å². The number of aliphatic hydroxyl groups excluding tert-OH is 1. The Morgan fingerprint density at radius 2 is 1.93 bits per heavy atom. The van der Waals surface area contributed by atoms with E-state index in [2.05, 4.69) is 19.9 Å². The van der Waals surface area contributed by atoms with Crippen molar-refractivity contribution in [3.8, 4) is 5.95 Å². The lowest BCUT2D eigenvalue weighted by molar-refractivity contribution is 0.147. The minimum absolute atomic E-state index is 0.211. The zero-order valence-corrected chi connectivity index (χ0v) is 15.8. The van der Waals surface area contributed by atoms with Crippen LogP contribution in [0.15, 0.2) is 60.0 Å². The van der Waals surface area contributed by atoms with Gasteiger partial charge in [0.15, 0.2) is 5.65 Å². The Morgan fingerprint density at radius 3 is 2.83 bits per heavy atom. The number of pyridine rings is 1. The average Bonchev–Trinajstić information content (AvgIpc) is 3.34. The highest BCUT2D eigenvalue weighted by Crippen LogP contribution is 2.38. The van der Waals surface area contributed by atoms with Crippen molar-refractivity contribution >= 4 is 22.2 Å². The molecule has 5 aromatic rings. The summed E-state index contributed by atoms with van der Waals surface area (Å²) in [5, 5.41) is 10.4.